The predicted molar refractivity (Wildman–Crippen MR) is 95.6 cm³/mol. The number of hydrogen-bond acceptors (Lipinski definition) is 3. The van der Waals surface area contributed by atoms with Crippen molar-refractivity contribution in [2.45, 2.75) is 63.6 Å². The second kappa shape index (κ2) is 6.20. The molecule has 0 bridgehead atoms. The zero-order valence-corrected chi connectivity index (χ0v) is 15.1. The van der Waals surface area contributed by atoms with Gasteiger partial charge in [-0.15, -0.1) is 0 Å². The van der Waals surface area contributed by atoms with Crippen molar-refractivity contribution < 1.29 is 14.6 Å². The van der Waals surface area contributed by atoms with Gasteiger partial charge in [0.05, 0.1) is 12.1 Å². The third-order valence-corrected chi connectivity index (χ3v) is 6.73. The van der Waals surface area contributed by atoms with Crippen LogP contribution in [0.1, 0.15) is 56.2 Å². The molecule has 0 aliphatic heterocycles. The van der Waals surface area contributed by atoms with Crippen LogP contribution < -0.4 is 5.32 Å². The lowest BCUT2D eigenvalue weighted by molar-refractivity contribution is -0.192. The molecule has 0 saturated heterocycles. The Hall–Kier alpha value is -1.75. The first-order valence-electron chi connectivity index (χ1n) is 9.52. The van der Waals surface area contributed by atoms with Gasteiger partial charge in [-0.1, -0.05) is 18.6 Å². The molecular formula is C20H28N2O3. The number of benzene rings is 1. The Morgan fingerprint density at radius 1 is 1.44 bits per heavy atom. The molecular weight excluding hydrogens is 316 g/mol. The Morgan fingerprint density at radius 2 is 2.24 bits per heavy atom. The number of ether oxygens (including phenoxy) is 1. The maximum atomic E-state index is 12.8. The number of nitrogens with one attached hydrogen (secondary N) is 1. The fourth-order valence-electron chi connectivity index (χ4n) is 5.12. The van der Waals surface area contributed by atoms with E-state index in [0.29, 0.717) is 11.9 Å². The molecule has 1 aromatic carbocycles. The minimum absolute atomic E-state index is 0.00263. The maximum Gasteiger partial charge on any atom is 0.317 e. The number of nitrogens with zero attached hydrogens (tertiary/aromatic N) is 1. The number of amides is 2. The molecule has 25 heavy (non-hydrogen) atoms. The molecule has 5 nitrogen and oxygen atoms in total. The zero-order chi connectivity index (χ0) is 17.6. The van der Waals surface area contributed by atoms with E-state index in [2.05, 4.69) is 5.32 Å². The van der Waals surface area contributed by atoms with Crippen LogP contribution in [0.2, 0.25) is 0 Å². The third-order valence-electron chi connectivity index (χ3n) is 6.73. The van der Waals surface area contributed by atoms with E-state index in [9.17, 15) is 9.90 Å². The largest absolute Gasteiger partial charge is 0.508 e. The highest BCUT2D eigenvalue weighted by atomic mass is 16.5. The summed E-state index contributed by atoms with van der Waals surface area (Å²) in [6.07, 6.45) is 6.50. The van der Waals surface area contributed by atoms with Crippen molar-refractivity contribution in [2.75, 3.05) is 13.7 Å². The van der Waals surface area contributed by atoms with Crippen LogP contribution in [0, 0.1) is 5.41 Å². The number of phenols is 1. The quantitative estimate of drug-likeness (QED) is 0.880. The molecule has 2 amide bonds. The molecule has 0 unspecified atom stereocenters. The number of urea groups is 1. The summed E-state index contributed by atoms with van der Waals surface area (Å²) in [4.78, 5) is 14.7. The van der Waals surface area contributed by atoms with Crippen molar-refractivity contribution in [3.63, 3.8) is 0 Å². The molecule has 136 valence electrons. The van der Waals surface area contributed by atoms with Gasteiger partial charge in [0, 0.05) is 25.1 Å². The Kier molecular flexibility index (Phi) is 4.14. The van der Waals surface area contributed by atoms with Crippen LogP contribution in [0.5, 0.6) is 5.75 Å². The molecule has 3 aliphatic rings. The average molecular weight is 344 g/mol. The summed E-state index contributed by atoms with van der Waals surface area (Å²) in [7, 11) is 1.92. The fraction of sp³-hybridized carbons (Fsp3) is 0.650. The normalized spacial score (nSPS) is 28.8. The van der Waals surface area contributed by atoms with Crippen molar-refractivity contribution in [2.24, 2.45) is 5.41 Å². The number of rotatable bonds is 4. The highest BCUT2D eigenvalue weighted by molar-refractivity contribution is 5.75. The Morgan fingerprint density at radius 3 is 2.92 bits per heavy atom. The second-order valence-corrected chi connectivity index (χ2v) is 7.78. The summed E-state index contributed by atoms with van der Waals surface area (Å²) >= 11 is 0. The molecule has 2 N–H and O–H groups in total. The van der Waals surface area contributed by atoms with E-state index in [1.807, 2.05) is 31.0 Å². The van der Waals surface area contributed by atoms with Crippen LogP contribution in [-0.4, -0.2) is 41.8 Å². The number of hydrogen-bond donors (Lipinski definition) is 2. The summed E-state index contributed by atoms with van der Waals surface area (Å²) in [6.45, 7) is 2.79. The van der Waals surface area contributed by atoms with Gasteiger partial charge < -0.3 is 20.1 Å². The first-order valence-corrected chi connectivity index (χ1v) is 9.52. The van der Waals surface area contributed by atoms with Gasteiger partial charge in [-0.25, -0.2) is 4.79 Å². The van der Waals surface area contributed by atoms with Crippen LogP contribution >= 0.6 is 0 Å². The van der Waals surface area contributed by atoms with Crippen molar-refractivity contribution in [3.8, 4) is 5.75 Å². The fourth-order valence-corrected chi connectivity index (χ4v) is 5.12. The van der Waals surface area contributed by atoms with E-state index in [-0.39, 0.29) is 23.5 Å². The van der Waals surface area contributed by atoms with Gasteiger partial charge in [-0.05, 0) is 56.2 Å². The summed E-state index contributed by atoms with van der Waals surface area (Å²) in [5.41, 5.74) is 2.22. The number of fused-ring (bicyclic) bond motifs is 1. The summed E-state index contributed by atoms with van der Waals surface area (Å²) in [5.74, 6) is 0.342. The van der Waals surface area contributed by atoms with Crippen molar-refractivity contribution in [3.05, 3.63) is 29.3 Å². The van der Waals surface area contributed by atoms with E-state index in [1.54, 1.807) is 6.07 Å². The average Bonchev–Trinajstić information content (AvgIpc) is 2.93. The monoisotopic (exact) mass is 344 g/mol. The van der Waals surface area contributed by atoms with Gasteiger partial charge in [0.2, 0.25) is 0 Å². The zero-order valence-electron chi connectivity index (χ0n) is 15.1. The molecule has 4 rings (SSSR count). The van der Waals surface area contributed by atoms with Gasteiger partial charge in [0.1, 0.15) is 5.75 Å². The molecule has 1 aromatic rings. The summed E-state index contributed by atoms with van der Waals surface area (Å²) < 4.78 is 5.90. The predicted octanol–water partition coefficient (Wildman–Crippen LogP) is 3.37. The van der Waals surface area contributed by atoms with Gasteiger partial charge in [-0.3, -0.25) is 0 Å². The number of carbonyl (C=O) groups excluding carboxylic acids is 1. The van der Waals surface area contributed by atoms with E-state index in [1.165, 1.54) is 19.3 Å². The van der Waals surface area contributed by atoms with Gasteiger partial charge in [-0.2, -0.15) is 0 Å². The first kappa shape index (κ1) is 16.7. The smallest absolute Gasteiger partial charge is 0.317 e. The Balaban J connectivity index is 1.42. The molecule has 0 aromatic heterocycles. The lowest BCUT2D eigenvalue weighted by atomic mass is 9.50. The molecule has 5 heteroatoms. The number of aromatic hydroxyl groups is 1. The maximum absolute atomic E-state index is 12.8. The van der Waals surface area contributed by atoms with Gasteiger partial charge >= 0.3 is 6.03 Å². The van der Waals surface area contributed by atoms with E-state index in [4.69, 9.17) is 4.74 Å². The molecule has 2 fully saturated rings. The minimum atomic E-state index is -0.00702. The highest BCUT2D eigenvalue weighted by Crippen LogP contribution is 2.58. The Bertz CT molecular complexity index is 671. The SMILES string of the molecule is CCO[C@@H]1C[C@@H](N(C)C(=O)N[C@@H]2CCc3c(O)cccc32)C12CCC2. The summed E-state index contributed by atoms with van der Waals surface area (Å²) in [6, 6.07) is 5.85. The van der Waals surface area contributed by atoms with Crippen LogP contribution in [0.4, 0.5) is 4.79 Å². The van der Waals surface area contributed by atoms with Crippen LogP contribution in [0.25, 0.3) is 0 Å². The van der Waals surface area contributed by atoms with E-state index in [0.717, 1.165) is 37.0 Å². The lowest BCUT2D eigenvalue weighted by Crippen LogP contribution is -2.68. The van der Waals surface area contributed by atoms with Gasteiger partial charge in [0.25, 0.3) is 0 Å². The molecule has 3 atom stereocenters. The molecule has 0 radical (unpaired) electrons. The third kappa shape index (κ3) is 2.51. The first-order chi connectivity index (χ1) is 12.1. The standard InChI is InChI=1S/C20H28N2O3/c1-3-25-18-12-17(20(18)10-5-11-20)22(2)19(24)21-15-9-8-14-13(15)6-4-7-16(14)23/h4,6-7,15,17-18,23H,3,5,8-12H2,1-2H3,(H,21,24)/t15-,17-,18-/m1/s1. The lowest BCUT2D eigenvalue weighted by Gasteiger charge is -2.63. The molecule has 3 aliphatic carbocycles. The number of carbonyl (C=O) groups is 1. The van der Waals surface area contributed by atoms with Crippen LogP contribution in [-0.2, 0) is 11.2 Å². The Labute approximate surface area is 149 Å². The minimum Gasteiger partial charge on any atom is -0.508 e. The van der Waals surface area contributed by atoms with Crippen LogP contribution in [0.3, 0.4) is 0 Å². The van der Waals surface area contributed by atoms with Crippen molar-refractivity contribution >= 4 is 6.03 Å². The van der Waals surface area contributed by atoms with Gasteiger partial charge in [0.15, 0.2) is 0 Å². The molecule has 0 heterocycles. The van der Waals surface area contributed by atoms with Crippen LogP contribution in [0.15, 0.2) is 18.2 Å². The topological polar surface area (TPSA) is 61.8 Å². The second-order valence-electron chi connectivity index (χ2n) is 7.78. The summed E-state index contributed by atoms with van der Waals surface area (Å²) in [5, 5.41) is 13.2. The number of phenolic OH excluding ortho intramolecular Hbond substituents is 1. The van der Waals surface area contributed by atoms with E-state index >= 15 is 0 Å². The van der Waals surface area contributed by atoms with Crippen molar-refractivity contribution in [1.82, 2.24) is 10.2 Å². The van der Waals surface area contributed by atoms with E-state index < -0.39 is 0 Å². The van der Waals surface area contributed by atoms with Crippen molar-refractivity contribution in [1.29, 1.82) is 0 Å². The highest BCUT2D eigenvalue weighted by Gasteiger charge is 2.61. The molecule has 1 spiro atoms. The molecule has 2 saturated carbocycles.